The molecule has 0 unspecified atom stereocenters. The van der Waals surface area contributed by atoms with Crippen molar-refractivity contribution in [3.8, 4) is 11.5 Å². The zero-order valence-corrected chi connectivity index (χ0v) is 11.7. The second-order valence-corrected chi connectivity index (χ2v) is 4.94. The molecule has 0 radical (unpaired) electrons. The Labute approximate surface area is 117 Å². The molecule has 3 rings (SSSR count). The average Bonchev–Trinajstić information content (AvgIpc) is 3.14. The Kier molecular flexibility index (Phi) is 3.26. The van der Waals surface area contributed by atoms with E-state index in [9.17, 15) is 4.79 Å². The average molecular weight is 274 g/mol. The number of H-pyrrole nitrogens is 1. The minimum atomic E-state index is 0.0443. The van der Waals surface area contributed by atoms with Crippen LogP contribution >= 0.6 is 0 Å². The number of methoxy groups -OCH3 is 2. The third-order valence-electron chi connectivity index (χ3n) is 3.78. The molecular weight excluding hydrogens is 256 g/mol. The van der Waals surface area contributed by atoms with Crippen molar-refractivity contribution in [3.05, 3.63) is 23.9 Å². The number of nitrogens with one attached hydrogen (secondary N) is 1. The van der Waals surface area contributed by atoms with Gasteiger partial charge in [0.05, 0.1) is 19.7 Å². The molecule has 1 aromatic carbocycles. The van der Waals surface area contributed by atoms with Crippen LogP contribution in [-0.4, -0.2) is 43.1 Å². The molecule has 2 heterocycles. The molecule has 1 fully saturated rings. The van der Waals surface area contributed by atoms with Crippen LogP contribution in [0.3, 0.4) is 0 Å². The number of amides is 1. The van der Waals surface area contributed by atoms with Gasteiger partial charge < -0.3 is 19.4 Å². The van der Waals surface area contributed by atoms with Gasteiger partial charge in [-0.2, -0.15) is 0 Å². The number of aromatic amines is 1. The van der Waals surface area contributed by atoms with E-state index in [4.69, 9.17) is 9.47 Å². The van der Waals surface area contributed by atoms with Crippen LogP contribution < -0.4 is 9.47 Å². The highest BCUT2D eigenvalue weighted by molar-refractivity contribution is 6.01. The molecule has 1 aliphatic heterocycles. The minimum Gasteiger partial charge on any atom is -0.496 e. The lowest BCUT2D eigenvalue weighted by Gasteiger charge is -2.13. The normalized spacial score (nSPS) is 14.8. The van der Waals surface area contributed by atoms with Crippen molar-refractivity contribution in [2.75, 3.05) is 27.3 Å². The van der Waals surface area contributed by atoms with E-state index in [1.807, 2.05) is 23.1 Å². The van der Waals surface area contributed by atoms with Gasteiger partial charge >= 0.3 is 0 Å². The Hall–Kier alpha value is -2.17. The molecule has 0 bridgehead atoms. The quantitative estimate of drug-likeness (QED) is 0.935. The van der Waals surface area contributed by atoms with E-state index in [1.165, 1.54) is 0 Å². The Bertz CT molecular complexity index is 601. The number of nitrogens with zero attached hydrogens (tertiary/aromatic N) is 1. The minimum absolute atomic E-state index is 0.0443. The first-order chi connectivity index (χ1) is 9.74. The fourth-order valence-electron chi connectivity index (χ4n) is 2.72. The first kappa shape index (κ1) is 12.8. The van der Waals surface area contributed by atoms with Gasteiger partial charge in [0.15, 0.2) is 0 Å². The number of hydrogen-bond donors (Lipinski definition) is 1. The van der Waals surface area contributed by atoms with Gasteiger partial charge in [0, 0.05) is 18.5 Å². The van der Waals surface area contributed by atoms with Crippen molar-refractivity contribution < 1.29 is 14.3 Å². The molecule has 5 nitrogen and oxygen atoms in total. The molecule has 0 saturated carbocycles. The molecule has 0 spiro atoms. The highest BCUT2D eigenvalue weighted by atomic mass is 16.5. The van der Waals surface area contributed by atoms with Crippen LogP contribution in [0.15, 0.2) is 18.2 Å². The summed E-state index contributed by atoms with van der Waals surface area (Å²) < 4.78 is 10.7. The maximum Gasteiger partial charge on any atom is 0.270 e. The van der Waals surface area contributed by atoms with Crippen LogP contribution in [0.25, 0.3) is 10.9 Å². The molecule has 2 aromatic rings. The van der Waals surface area contributed by atoms with Gasteiger partial charge in [-0.3, -0.25) is 4.79 Å². The van der Waals surface area contributed by atoms with Gasteiger partial charge in [0.25, 0.3) is 5.91 Å². The Morgan fingerprint density at radius 3 is 2.45 bits per heavy atom. The van der Waals surface area contributed by atoms with E-state index in [0.717, 1.165) is 42.6 Å². The number of fused-ring (bicyclic) bond motifs is 1. The lowest BCUT2D eigenvalue weighted by molar-refractivity contribution is 0.0788. The number of likely N-dealkylation sites (tertiary alicyclic amines) is 1. The molecule has 1 amide bonds. The van der Waals surface area contributed by atoms with Crippen LogP contribution in [0.5, 0.6) is 11.5 Å². The number of ether oxygens (including phenoxy) is 2. The van der Waals surface area contributed by atoms with E-state index in [2.05, 4.69) is 4.98 Å². The number of aromatic nitrogens is 1. The first-order valence-corrected chi connectivity index (χ1v) is 6.77. The van der Waals surface area contributed by atoms with Crippen molar-refractivity contribution in [2.45, 2.75) is 12.8 Å². The molecule has 1 N–H and O–H groups in total. The summed E-state index contributed by atoms with van der Waals surface area (Å²) in [5.74, 6) is 1.49. The number of benzene rings is 1. The largest absolute Gasteiger partial charge is 0.496 e. The van der Waals surface area contributed by atoms with Gasteiger partial charge in [0.1, 0.15) is 17.2 Å². The van der Waals surface area contributed by atoms with Gasteiger partial charge in [0.2, 0.25) is 0 Å². The number of carbonyl (C=O) groups is 1. The zero-order valence-electron chi connectivity index (χ0n) is 11.7. The molecular formula is C15H18N2O3. The summed E-state index contributed by atoms with van der Waals surface area (Å²) in [5, 5.41) is 0.870. The van der Waals surface area contributed by atoms with Crippen LogP contribution in [0.4, 0.5) is 0 Å². The summed E-state index contributed by atoms with van der Waals surface area (Å²) in [6, 6.07) is 5.53. The fraction of sp³-hybridized carbons (Fsp3) is 0.400. The van der Waals surface area contributed by atoms with E-state index < -0.39 is 0 Å². The number of carbonyl (C=O) groups excluding carboxylic acids is 1. The second kappa shape index (κ2) is 5.07. The van der Waals surface area contributed by atoms with Gasteiger partial charge in [-0.05, 0) is 31.0 Å². The maximum atomic E-state index is 12.4. The Balaban J connectivity index is 2.06. The molecule has 0 atom stereocenters. The Morgan fingerprint density at radius 2 is 1.80 bits per heavy atom. The smallest absolute Gasteiger partial charge is 0.270 e. The van der Waals surface area contributed by atoms with E-state index in [-0.39, 0.29) is 5.91 Å². The van der Waals surface area contributed by atoms with Crippen molar-refractivity contribution in [2.24, 2.45) is 0 Å². The van der Waals surface area contributed by atoms with Crippen LogP contribution in [0.1, 0.15) is 23.3 Å². The Morgan fingerprint density at radius 1 is 1.15 bits per heavy atom. The summed E-state index contributed by atoms with van der Waals surface area (Å²) in [5.41, 5.74) is 1.39. The lowest BCUT2D eigenvalue weighted by atomic mass is 10.2. The van der Waals surface area contributed by atoms with Crippen molar-refractivity contribution >= 4 is 16.8 Å². The van der Waals surface area contributed by atoms with E-state index in [0.29, 0.717) is 11.4 Å². The van der Waals surface area contributed by atoms with Crippen LogP contribution in [0.2, 0.25) is 0 Å². The molecule has 20 heavy (non-hydrogen) atoms. The third-order valence-corrected chi connectivity index (χ3v) is 3.78. The van der Waals surface area contributed by atoms with Crippen molar-refractivity contribution in [3.63, 3.8) is 0 Å². The molecule has 1 saturated heterocycles. The van der Waals surface area contributed by atoms with Gasteiger partial charge in [-0.1, -0.05) is 0 Å². The topological polar surface area (TPSA) is 54.6 Å². The summed E-state index contributed by atoms with van der Waals surface area (Å²) in [7, 11) is 3.24. The van der Waals surface area contributed by atoms with Crippen molar-refractivity contribution in [1.82, 2.24) is 9.88 Å². The highest BCUT2D eigenvalue weighted by Crippen LogP contribution is 2.33. The summed E-state index contributed by atoms with van der Waals surface area (Å²) in [6.45, 7) is 1.67. The standard InChI is InChI=1S/C15H18N2O3/c1-19-12-5-6-13(20-2)14-10(12)9-11(16-14)15(18)17-7-3-4-8-17/h5-6,9,16H,3-4,7-8H2,1-2H3. The fourth-order valence-corrected chi connectivity index (χ4v) is 2.72. The van der Waals surface area contributed by atoms with E-state index in [1.54, 1.807) is 14.2 Å². The van der Waals surface area contributed by atoms with Crippen LogP contribution in [0, 0.1) is 0 Å². The molecule has 1 aromatic heterocycles. The second-order valence-electron chi connectivity index (χ2n) is 4.94. The number of hydrogen-bond acceptors (Lipinski definition) is 3. The summed E-state index contributed by atoms with van der Waals surface area (Å²) in [4.78, 5) is 17.5. The number of rotatable bonds is 3. The first-order valence-electron chi connectivity index (χ1n) is 6.77. The molecule has 0 aliphatic carbocycles. The lowest BCUT2D eigenvalue weighted by Crippen LogP contribution is -2.27. The monoisotopic (exact) mass is 274 g/mol. The van der Waals surface area contributed by atoms with Gasteiger partial charge in [-0.25, -0.2) is 0 Å². The molecule has 5 heteroatoms. The summed E-state index contributed by atoms with van der Waals surface area (Å²) >= 11 is 0. The van der Waals surface area contributed by atoms with Crippen LogP contribution in [-0.2, 0) is 0 Å². The molecule has 1 aliphatic rings. The van der Waals surface area contributed by atoms with Crippen molar-refractivity contribution in [1.29, 1.82) is 0 Å². The van der Waals surface area contributed by atoms with Gasteiger partial charge in [-0.15, -0.1) is 0 Å². The predicted molar refractivity (Wildman–Crippen MR) is 76.5 cm³/mol. The third kappa shape index (κ3) is 1.99. The summed E-state index contributed by atoms with van der Waals surface area (Å²) in [6.07, 6.45) is 2.16. The predicted octanol–water partition coefficient (Wildman–Crippen LogP) is 2.42. The SMILES string of the molecule is COc1ccc(OC)c2[nH]c(C(=O)N3CCCC3)cc12. The highest BCUT2D eigenvalue weighted by Gasteiger charge is 2.22. The maximum absolute atomic E-state index is 12.4. The molecule has 106 valence electrons. The zero-order chi connectivity index (χ0) is 14.1. The van der Waals surface area contributed by atoms with E-state index >= 15 is 0 Å².